The molecule has 0 N–H and O–H groups in total. The van der Waals surface area contributed by atoms with Crippen LogP contribution >= 0.6 is 0 Å². The van der Waals surface area contributed by atoms with E-state index in [0.717, 1.165) is 11.6 Å². The summed E-state index contributed by atoms with van der Waals surface area (Å²) in [7, 11) is 0. The first-order valence-electron chi connectivity index (χ1n) is 17.5. The fourth-order valence-electron chi connectivity index (χ4n) is 4.42. The van der Waals surface area contributed by atoms with Crippen LogP contribution in [-0.4, -0.2) is 42.6 Å². The summed E-state index contributed by atoms with van der Waals surface area (Å²) in [5.74, 6) is 7.11. The Kier molecular flexibility index (Phi) is 15.2. The molecule has 0 radical (unpaired) electrons. The number of carbonyl (C=O) groups is 6. The summed E-state index contributed by atoms with van der Waals surface area (Å²) in [5, 5.41) is 0. The Bertz CT molecular complexity index is 2480. The molecule has 0 fully saturated rings. The first-order chi connectivity index (χ1) is 28.1. The Balaban J connectivity index is 1.54. The van der Waals surface area contributed by atoms with Gasteiger partial charge >= 0.3 is 36.0 Å². The summed E-state index contributed by atoms with van der Waals surface area (Å²) in [6, 6.07) is 22.2. The fourth-order valence-corrected chi connectivity index (χ4v) is 4.42. The predicted molar refractivity (Wildman–Crippen MR) is 215 cm³/mol. The third-order valence-corrected chi connectivity index (χ3v) is 7.51. The van der Waals surface area contributed by atoms with Crippen LogP contribution in [0.4, 0.5) is 4.79 Å². The number of rotatable bonds is 12. The molecule has 0 atom stereocenters. The van der Waals surface area contributed by atoms with Crippen LogP contribution in [0.25, 0.3) is 0 Å². The molecule has 0 spiro atoms. The summed E-state index contributed by atoms with van der Waals surface area (Å²) in [5.41, 5.74) is 2.81. The molecule has 12 nitrogen and oxygen atoms in total. The molecule has 0 amide bonds. The molecule has 0 aliphatic carbocycles. The van der Waals surface area contributed by atoms with Gasteiger partial charge in [-0.1, -0.05) is 62.1 Å². The largest absolute Gasteiger partial charge is 0.521 e. The van der Waals surface area contributed by atoms with Crippen molar-refractivity contribution >= 4 is 36.0 Å². The van der Waals surface area contributed by atoms with E-state index in [-0.39, 0.29) is 46.1 Å². The van der Waals surface area contributed by atoms with E-state index in [9.17, 15) is 28.8 Å². The minimum atomic E-state index is -1.20. The third kappa shape index (κ3) is 13.2. The van der Waals surface area contributed by atoms with Crippen LogP contribution < -0.4 is 18.9 Å². The molecule has 4 rings (SSSR count). The van der Waals surface area contributed by atoms with E-state index in [1.54, 1.807) is 43.3 Å². The lowest BCUT2D eigenvalue weighted by Crippen LogP contribution is -2.17. The molecule has 0 unspecified atom stereocenters. The van der Waals surface area contributed by atoms with E-state index >= 15 is 0 Å². The van der Waals surface area contributed by atoms with E-state index in [2.05, 4.69) is 54.7 Å². The Morgan fingerprint density at radius 1 is 0.559 bits per heavy atom. The first kappa shape index (κ1) is 43.5. The van der Waals surface area contributed by atoms with Gasteiger partial charge in [0.15, 0.2) is 11.5 Å². The van der Waals surface area contributed by atoms with Gasteiger partial charge in [-0.15, -0.1) is 0 Å². The number of hydrogen-bond acceptors (Lipinski definition) is 12. The van der Waals surface area contributed by atoms with Crippen LogP contribution in [0.5, 0.6) is 23.0 Å². The SMILES string of the molecule is C=CC(=O)Oc1c(C(=O)Oc2ccc(C#Cc3ccc(OC(=O)OC(=O)C(=C)C)cc3)cc2)ccc(C#Cc2ccc(CCOC(=O)C(=C)C)cc2)c1OC(=O)C(=C)C. The molecule has 0 saturated carbocycles. The second kappa shape index (κ2) is 20.6. The first-order valence-corrected chi connectivity index (χ1v) is 17.5. The summed E-state index contributed by atoms with van der Waals surface area (Å²) >= 11 is 0. The molecule has 0 aromatic heterocycles. The molecule has 59 heavy (non-hydrogen) atoms. The minimum absolute atomic E-state index is 0.0203. The van der Waals surface area contributed by atoms with Gasteiger partial charge in [0.25, 0.3) is 0 Å². The Morgan fingerprint density at radius 2 is 1.07 bits per heavy atom. The van der Waals surface area contributed by atoms with Gasteiger partial charge in [-0.25, -0.2) is 28.8 Å². The highest BCUT2D eigenvalue weighted by molar-refractivity contribution is 5.99. The summed E-state index contributed by atoms with van der Waals surface area (Å²) in [6.07, 6.45) is 0.143. The smallest absolute Gasteiger partial charge is 0.462 e. The number of esters is 5. The molecule has 0 heterocycles. The van der Waals surface area contributed by atoms with E-state index < -0.39 is 41.8 Å². The number of ether oxygens (including phenoxy) is 6. The van der Waals surface area contributed by atoms with Crippen molar-refractivity contribution in [3.63, 3.8) is 0 Å². The molecular weight excluding hydrogens is 757 g/mol. The van der Waals surface area contributed by atoms with Gasteiger partial charge in [0.05, 0.1) is 12.2 Å². The lowest BCUT2D eigenvalue weighted by molar-refractivity contribution is -0.139. The zero-order valence-electron chi connectivity index (χ0n) is 32.3. The normalized spacial score (nSPS) is 9.81. The van der Waals surface area contributed by atoms with E-state index in [1.165, 1.54) is 50.2 Å². The summed E-state index contributed by atoms with van der Waals surface area (Å²) < 4.78 is 31.2. The highest BCUT2D eigenvalue weighted by atomic mass is 16.7. The molecule has 4 aromatic rings. The lowest BCUT2D eigenvalue weighted by atomic mass is 10.1. The molecule has 0 saturated heterocycles. The van der Waals surface area contributed by atoms with Crippen LogP contribution in [-0.2, 0) is 35.1 Å². The van der Waals surface area contributed by atoms with Gasteiger partial charge in [-0.3, -0.25) is 0 Å². The lowest BCUT2D eigenvalue weighted by Gasteiger charge is -2.15. The van der Waals surface area contributed by atoms with Gasteiger partial charge in [0.2, 0.25) is 0 Å². The molecule has 296 valence electrons. The predicted octanol–water partition coefficient (Wildman–Crippen LogP) is 7.56. The van der Waals surface area contributed by atoms with E-state index in [0.29, 0.717) is 28.7 Å². The average molecular weight is 793 g/mol. The van der Waals surface area contributed by atoms with Crippen LogP contribution in [0.1, 0.15) is 58.9 Å². The second-order valence-electron chi connectivity index (χ2n) is 12.4. The molecule has 4 aromatic carbocycles. The van der Waals surface area contributed by atoms with Crippen LogP contribution in [0.15, 0.2) is 134 Å². The highest BCUT2D eigenvalue weighted by Crippen LogP contribution is 2.37. The van der Waals surface area contributed by atoms with Crippen molar-refractivity contribution < 1.29 is 57.2 Å². The standard InChI is InChI=1S/C47H36O12/c1-8-40(48)57-42-39(26-21-36(41(42)58-44(50)30(4)5)20-15-32-11-13-35(14-12-32)27-28-54-43(49)29(2)3)46(52)55-37-22-16-33(17-23-37)9-10-34-18-24-38(25-19-34)56-47(53)59-45(51)31(6)7/h8,11-14,16-19,21-26H,1-2,4,6,27-28H2,3,5,7H3. The van der Waals surface area contributed by atoms with Gasteiger partial charge in [-0.2, -0.15) is 0 Å². The van der Waals surface area contributed by atoms with Crippen molar-refractivity contribution in [3.8, 4) is 46.7 Å². The van der Waals surface area contributed by atoms with Crippen molar-refractivity contribution in [2.75, 3.05) is 6.61 Å². The maximum atomic E-state index is 13.6. The van der Waals surface area contributed by atoms with Gasteiger partial charge in [-0.05, 0) is 99.1 Å². The fraction of sp³-hybridized carbons (Fsp3) is 0.106. The third-order valence-electron chi connectivity index (χ3n) is 7.51. The zero-order chi connectivity index (χ0) is 43.1. The minimum Gasteiger partial charge on any atom is -0.462 e. The molecule has 12 heteroatoms. The van der Waals surface area contributed by atoms with Crippen molar-refractivity contribution in [2.45, 2.75) is 27.2 Å². The second-order valence-corrected chi connectivity index (χ2v) is 12.4. The molecular formula is C47H36O12. The molecule has 0 bridgehead atoms. The van der Waals surface area contributed by atoms with Crippen LogP contribution in [0.3, 0.4) is 0 Å². The van der Waals surface area contributed by atoms with Gasteiger partial charge in [0.1, 0.15) is 17.1 Å². The quantitative estimate of drug-likeness (QED) is 0.0347. The summed E-state index contributed by atoms with van der Waals surface area (Å²) in [6.45, 7) is 18.5. The van der Waals surface area contributed by atoms with E-state index in [1.807, 2.05) is 12.1 Å². The van der Waals surface area contributed by atoms with Crippen molar-refractivity contribution in [1.82, 2.24) is 0 Å². The summed E-state index contributed by atoms with van der Waals surface area (Å²) in [4.78, 5) is 73.7. The Hall–Kier alpha value is -8.22. The number of carbonyl (C=O) groups excluding carboxylic acids is 6. The monoisotopic (exact) mass is 792 g/mol. The molecule has 0 aliphatic rings. The van der Waals surface area contributed by atoms with Crippen LogP contribution in [0.2, 0.25) is 0 Å². The highest BCUT2D eigenvalue weighted by Gasteiger charge is 2.26. The topological polar surface area (TPSA) is 158 Å². The average Bonchev–Trinajstić information content (AvgIpc) is 3.21. The van der Waals surface area contributed by atoms with Crippen molar-refractivity contribution in [2.24, 2.45) is 0 Å². The Morgan fingerprint density at radius 3 is 1.59 bits per heavy atom. The zero-order valence-corrected chi connectivity index (χ0v) is 32.3. The van der Waals surface area contributed by atoms with Crippen LogP contribution in [0, 0.1) is 23.7 Å². The maximum absolute atomic E-state index is 13.6. The number of hydrogen-bond donors (Lipinski definition) is 0. The van der Waals surface area contributed by atoms with Crippen molar-refractivity contribution in [3.05, 3.63) is 167 Å². The Labute approximate surface area is 340 Å². The molecule has 0 aliphatic heterocycles. The number of benzene rings is 4. The van der Waals surface area contributed by atoms with Crippen molar-refractivity contribution in [1.29, 1.82) is 0 Å². The van der Waals surface area contributed by atoms with Gasteiger partial charge < -0.3 is 28.4 Å². The van der Waals surface area contributed by atoms with Gasteiger partial charge in [0, 0.05) is 45.9 Å². The maximum Gasteiger partial charge on any atom is 0.521 e. The van der Waals surface area contributed by atoms with E-state index in [4.69, 9.17) is 23.7 Å².